The molecule has 16 nitrogen and oxygen atoms in total. The summed E-state index contributed by atoms with van der Waals surface area (Å²) in [6.07, 6.45) is 0. The predicted octanol–water partition coefficient (Wildman–Crippen LogP) is 14.9. The van der Waals surface area contributed by atoms with E-state index in [2.05, 4.69) is 10.8 Å². The van der Waals surface area contributed by atoms with Crippen molar-refractivity contribution in [1.29, 1.82) is 0 Å². The Balaban J connectivity index is 0.000000201. The van der Waals surface area contributed by atoms with Crippen LogP contribution in [0, 0.1) is 20.8 Å². The molecule has 0 aliphatic rings. The van der Waals surface area contributed by atoms with Crippen LogP contribution in [0.1, 0.15) is 68.5 Å². The maximum atomic E-state index is 13.3. The summed E-state index contributed by atoms with van der Waals surface area (Å²) in [6.45, 7) is 9.95. The van der Waals surface area contributed by atoms with E-state index in [-0.39, 0.29) is 81.3 Å². The molecule has 0 fully saturated rings. The monoisotopic (exact) mass is 1390 g/mol. The fraction of sp³-hybridized carbons (Fsp3) is 0.178. The van der Waals surface area contributed by atoms with E-state index in [4.69, 9.17) is 0 Å². The van der Waals surface area contributed by atoms with E-state index in [0.717, 1.165) is 91.0 Å². The largest absolute Gasteiger partial charge is 0.378 e. The van der Waals surface area contributed by atoms with Crippen LogP contribution in [0.15, 0.2) is 227 Å². The fourth-order valence-corrected chi connectivity index (χ4v) is 14.9. The Hall–Kier alpha value is -8.90. The molecule has 492 valence electrons. The summed E-state index contributed by atoms with van der Waals surface area (Å²) in [4.78, 5) is 72.3. The second-order valence-electron chi connectivity index (χ2n) is 22.0. The second-order valence-corrected chi connectivity index (χ2v) is 31.0. The van der Waals surface area contributed by atoms with Gasteiger partial charge in [0.05, 0.1) is 43.3 Å². The molecular formula is C73H72N4O12S6. The summed E-state index contributed by atoms with van der Waals surface area (Å²) in [5.41, 5.74) is 12.3. The standard InChI is InChI=1S/C25H25NO4S2.C24H24N2O4S2.C24H23NO4S2/c1-17-13-22(14-18(2)25(17)20-9-6-5-7-10-20)26(4)32(29,30)23-12-8-11-21(15-23)24(28)16-31-19(3)27;1-17(27)31-16-24(28)20-7-5-9-23(15-20)32(29,30)25-21-12-10-18(11-13-21)19-6-4-8-22(14-19)26(2)3;1-17-14-20(19-8-5-4-6-9-19)12-13-23(17)25(3)31(28,29)22-11-7-10-21(15-22)24(27)16-30-18(2)26/h5-15H,16H2,1-4H3;4-15,25H,16H2,1-3H3;4-15H,16H2,1-3H3. The highest BCUT2D eigenvalue weighted by atomic mass is 32.2. The number of hydrogen-bond donors (Lipinski definition) is 1. The van der Waals surface area contributed by atoms with Gasteiger partial charge in [-0.2, -0.15) is 0 Å². The van der Waals surface area contributed by atoms with E-state index in [1.54, 1.807) is 42.5 Å². The van der Waals surface area contributed by atoms with Gasteiger partial charge in [0.2, 0.25) is 0 Å². The summed E-state index contributed by atoms with van der Waals surface area (Å²) >= 11 is 2.70. The third-order valence-electron chi connectivity index (χ3n) is 14.7. The highest BCUT2D eigenvalue weighted by Gasteiger charge is 2.26. The zero-order valence-electron chi connectivity index (χ0n) is 54.0. The van der Waals surface area contributed by atoms with Gasteiger partial charge >= 0.3 is 0 Å². The first kappa shape index (κ1) is 73.5. The number of Topliss-reactive ketones (excluding diaryl/α,β-unsaturated/α-hetero) is 3. The number of benzene rings is 9. The highest BCUT2D eigenvalue weighted by molar-refractivity contribution is 8.14. The number of carbonyl (C=O) groups excluding carboxylic acids is 6. The Bertz CT molecular complexity index is 4640. The van der Waals surface area contributed by atoms with Gasteiger partial charge in [-0.15, -0.1) is 0 Å². The molecule has 1 N–H and O–H groups in total. The van der Waals surface area contributed by atoms with Crippen molar-refractivity contribution in [2.45, 2.75) is 56.2 Å². The summed E-state index contributed by atoms with van der Waals surface area (Å²) < 4.78 is 83.8. The van der Waals surface area contributed by atoms with Crippen LogP contribution >= 0.6 is 35.3 Å². The van der Waals surface area contributed by atoms with Crippen LogP contribution in [-0.4, -0.2) is 103 Å². The molecule has 95 heavy (non-hydrogen) atoms. The van der Waals surface area contributed by atoms with E-state index in [0.29, 0.717) is 17.1 Å². The van der Waals surface area contributed by atoms with Crippen molar-refractivity contribution in [3.8, 4) is 33.4 Å². The van der Waals surface area contributed by atoms with Gasteiger partial charge in [0.15, 0.2) is 32.7 Å². The Morgan fingerprint density at radius 3 is 1.21 bits per heavy atom. The van der Waals surface area contributed by atoms with Gasteiger partial charge in [0, 0.05) is 77.0 Å². The van der Waals surface area contributed by atoms with Gasteiger partial charge in [-0.25, -0.2) is 25.3 Å². The van der Waals surface area contributed by atoms with Gasteiger partial charge < -0.3 is 4.90 Å². The van der Waals surface area contributed by atoms with Crippen LogP contribution < -0.4 is 18.2 Å². The van der Waals surface area contributed by atoms with E-state index in [9.17, 15) is 54.0 Å². The number of carbonyl (C=O) groups is 6. The second kappa shape index (κ2) is 33.0. The molecule has 0 heterocycles. The third-order valence-corrected chi connectivity index (χ3v) is 22.1. The number of hydrogen-bond acceptors (Lipinski definition) is 16. The first-order chi connectivity index (χ1) is 45.0. The van der Waals surface area contributed by atoms with Crippen LogP contribution in [-0.2, 0) is 44.5 Å². The zero-order chi connectivity index (χ0) is 69.4. The Kier molecular flexibility index (Phi) is 25.5. The van der Waals surface area contributed by atoms with Crippen molar-refractivity contribution in [2.24, 2.45) is 0 Å². The minimum Gasteiger partial charge on any atom is -0.378 e. The van der Waals surface area contributed by atoms with Crippen LogP contribution in [0.5, 0.6) is 0 Å². The minimum absolute atomic E-state index is 0.0149. The number of nitrogens with zero attached hydrogens (tertiary/aromatic N) is 3. The van der Waals surface area contributed by atoms with Crippen LogP contribution in [0.2, 0.25) is 0 Å². The molecule has 0 aliphatic heterocycles. The molecule has 0 aliphatic carbocycles. The minimum atomic E-state index is -3.88. The molecule has 0 saturated heterocycles. The number of rotatable bonds is 22. The van der Waals surface area contributed by atoms with Gasteiger partial charge in [0.1, 0.15) is 0 Å². The molecule has 0 amide bonds. The molecule has 9 aromatic rings. The predicted molar refractivity (Wildman–Crippen MR) is 388 cm³/mol. The van der Waals surface area contributed by atoms with E-state index in [1.807, 2.05) is 155 Å². The Morgan fingerprint density at radius 1 is 0.368 bits per heavy atom. The molecule has 0 aromatic heterocycles. The first-order valence-corrected chi connectivity index (χ1v) is 36.8. The fourth-order valence-electron chi connectivity index (χ4n) is 9.74. The topological polar surface area (TPSA) is 227 Å². The molecule has 0 atom stereocenters. The summed E-state index contributed by atoms with van der Waals surface area (Å²) in [5.74, 6) is -0.940. The van der Waals surface area contributed by atoms with Crippen molar-refractivity contribution in [2.75, 3.05) is 63.7 Å². The highest BCUT2D eigenvalue weighted by Crippen LogP contribution is 2.35. The van der Waals surface area contributed by atoms with Gasteiger partial charge in [-0.3, -0.25) is 42.1 Å². The van der Waals surface area contributed by atoms with Crippen molar-refractivity contribution in [3.05, 3.63) is 246 Å². The quantitative estimate of drug-likeness (QED) is 0.0622. The summed E-state index contributed by atoms with van der Waals surface area (Å²) in [6, 6.07) is 62.0. The molecule has 0 saturated carbocycles. The molecule has 0 radical (unpaired) electrons. The maximum absolute atomic E-state index is 13.3. The van der Waals surface area contributed by atoms with E-state index < -0.39 is 30.1 Å². The Morgan fingerprint density at radius 2 is 0.758 bits per heavy atom. The van der Waals surface area contributed by atoms with Crippen molar-refractivity contribution in [3.63, 3.8) is 0 Å². The molecular weight excluding hydrogens is 1320 g/mol. The van der Waals surface area contributed by atoms with Gasteiger partial charge in [-0.1, -0.05) is 163 Å². The molecule has 0 spiro atoms. The lowest BCUT2D eigenvalue weighted by molar-refractivity contribution is -0.109. The molecule has 0 unspecified atom stereocenters. The van der Waals surface area contributed by atoms with Gasteiger partial charge in [-0.05, 0) is 156 Å². The molecule has 0 bridgehead atoms. The maximum Gasteiger partial charge on any atom is 0.264 e. The average Bonchev–Trinajstić information content (AvgIpc) is 0.802. The first-order valence-electron chi connectivity index (χ1n) is 29.5. The van der Waals surface area contributed by atoms with Crippen molar-refractivity contribution >= 4 is 121 Å². The Labute approximate surface area is 569 Å². The molecule has 9 aromatic carbocycles. The number of ketones is 3. The number of thioether (sulfide) groups is 3. The smallest absolute Gasteiger partial charge is 0.264 e. The lowest BCUT2D eigenvalue weighted by Crippen LogP contribution is -2.27. The van der Waals surface area contributed by atoms with Crippen LogP contribution in [0.25, 0.3) is 33.4 Å². The molecule has 22 heteroatoms. The third kappa shape index (κ3) is 19.8. The van der Waals surface area contributed by atoms with Crippen molar-refractivity contribution in [1.82, 2.24) is 0 Å². The number of sulfonamides is 3. The van der Waals surface area contributed by atoms with E-state index >= 15 is 0 Å². The summed E-state index contributed by atoms with van der Waals surface area (Å²) in [7, 11) is -4.68. The lowest BCUT2D eigenvalue weighted by atomic mass is 9.95. The van der Waals surface area contributed by atoms with Crippen molar-refractivity contribution < 1.29 is 54.0 Å². The molecule has 9 rings (SSSR count). The van der Waals surface area contributed by atoms with Gasteiger partial charge in [0.25, 0.3) is 30.1 Å². The van der Waals surface area contributed by atoms with E-state index in [1.165, 1.54) is 92.0 Å². The SMILES string of the molecule is CC(=O)SCC(=O)c1cccc(S(=O)(=O)N(C)c2cc(C)c(-c3ccccc3)c(C)c2)c1.CC(=O)SCC(=O)c1cccc(S(=O)(=O)N(C)c2ccc(-c3ccccc3)cc2C)c1.CC(=O)SCC(=O)c1cccc(S(=O)(=O)Nc2ccc(-c3cccc(N(C)C)c3)cc2)c1. The lowest BCUT2D eigenvalue weighted by Gasteiger charge is -2.22. The number of anilines is 4. The van der Waals surface area contributed by atoms with Crippen LogP contribution in [0.4, 0.5) is 22.7 Å². The summed E-state index contributed by atoms with van der Waals surface area (Å²) in [5, 5.41) is -0.487. The number of aryl methyl sites for hydroxylation is 3. The van der Waals surface area contributed by atoms with Crippen LogP contribution in [0.3, 0.4) is 0 Å². The number of nitrogens with one attached hydrogen (secondary N) is 1. The normalized spacial score (nSPS) is 11.2. The average molecular weight is 1390 g/mol. The zero-order valence-corrected chi connectivity index (χ0v) is 58.9.